The summed E-state index contributed by atoms with van der Waals surface area (Å²) in [6.45, 7) is 0. The minimum Gasteiger partial charge on any atom is -0.462 e. The molecule has 1 aromatic heterocycles. The Balaban J connectivity index is 2.98. The van der Waals surface area contributed by atoms with Crippen LogP contribution in [0.4, 0.5) is 0 Å². The molecule has 0 radical (unpaired) electrons. The Morgan fingerprint density at radius 2 is 2.00 bits per heavy atom. The highest BCUT2D eigenvalue weighted by Gasteiger charge is 2.11. The third kappa shape index (κ3) is 1.54. The molecule has 0 unspecified atom stereocenters. The van der Waals surface area contributed by atoms with Crippen LogP contribution in [0.1, 0.15) is 10.4 Å². The van der Waals surface area contributed by atoms with Crippen LogP contribution in [0.5, 0.6) is 0 Å². The number of hydrogen-bond acceptors (Lipinski definition) is 3. The van der Waals surface area contributed by atoms with Gasteiger partial charge < -0.3 is 4.42 Å². The van der Waals surface area contributed by atoms with E-state index in [-0.39, 0.29) is 21.6 Å². The molecule has 0 aliphatic carbocycles. The van der Waals surface area contributed by atoms with Gasteiger partial charge in [0.15, 0.2) is 11.9 Å². The summed E-state index contributed by atoms with van der Waals surface area (Å²) in [6.07, 6.45) is 1.51. The molecular formula is C10H4Cl2O3. The standard InChI is InChI=1S/C10H4Cl2O3/c11-7-2-1-6-9(14)5(3-13)4-15-10(6)8(7)12/h1-4H. The van der Waals surface area contributed by atoms with Gasteiger partial charge in [-0.05, 0) is 12.1 Å². The molecular weight excluding hydrogens is 239 g/mol. The molecule has 0 fully saturated rings. The highest BCUT2D eigenvalue weighted by molar-refractivity contribution is 6.44. The zero-order chi connectivity index (χ0) is 11.0. The van der Waals surface area contributed by atoms with Crippen molar-refractivity contribution < 1.29 is 9.21 Å². The highest BCUT2D eigenvalue weighted by atomic mass is 35.5. The fourth-order valence-corrected chi connectivity index (χ4v) is 1.60. The van der Waals surface area contributed by atoms with Crippen molar-refractivity contribution in [2.45, 2.75) is 0 Å². The first-order chi connectivity index (χ1) is 7.15. The molecule has 0 spiro atoms. The quantitative estimate of drug-likeness (QED) is 0.723. The molecule has 0 atom stereocenters. The van der Waals surface area contributed by atoms with E-state index in [9.17, 15) is 9.59 Å². The van der Waals surface area contributed by atoms with Crippen LogP contribution in [0.15, 0.2) is 27.6 Å². The summed E-state index contributed by atoms with van der Waals surface area (Å²) < 4.78 is 5.08. The van der Waals surface area contributed by atoms with E-state index in [1.165, 1.54) is 12.1 Å². The Morgan fingerprint density at radius 1 is 1.27 bits per heavy atom. The van der Waals surface area contributed by atoms with Gasteiger partial charge in [0.1, 0.15) is 11.3 Å². The summed E-state index contributed by atoms with van der Waals surface area (Å²) in [4.78, 5) is 22.1. The molecule has 0 saturated carbocycles. The molecule has 5 heteroatoms. The lowest BCUT2D eigenvalue weighted by molar-refractivity contribution is 0.112. The van der Waals surface area contributed by atoms with Crippen molar-refractivity contribution in [1.82, 2.24) is 0 Å². The number of rotatable bonds is 1. The van der Waals surface area contributed by atoms with Crippen LogP contribution in [0.2, 0.25) is 10.0 Å². The lowest BCUT2D eigenvalue weighted by Crippen LogP contribution is -2.07. The minimum atomic E-state index is -0.412. The zero-order valence-electron chi connectivity index (χ0n) is 7.29. The van der Waals surface area contributed by atoms with Crippen LogP contribution in [0.3, 0.4) is 0 Å². The topological polar surface area (TPSA) is 47.3 Å². The average Bonchev–Trinajstić information content (AvgIpc) is 2.24. The maximum atomic E-state index is 11.6. The van der Waals surface area contributed by atoms with Gasteiger partial charge in [-0.15, -0.1) is 0 Å². The second-order valence-corrected chi connectivity index (χ2v) is 3.66. The van der Waals surface area contributed by atoms with Crippen molar-refractivity contribution in [3.63, 3.8) is 0 Å². The summed E-state index contributed by atoms with van der Waals surface area (Å²) in [5, 5.41) is 0.712. The predicted octanol–water partition coefficient (Wildman–Crippen LogP) is 2.91. The first-order valence-electron chi connectivity index (χ1n) is 4.00. The van der Waals surface area contributed by atoms with E-state index < -0.39 is 5.43 Å². The largest absolute Gasteiger partial charge is 0.462 e. The summed E-state index contributed by atoms with van der Waals surface area (Å²) in [5.74, 6) is 0. The predicted molar refractivity (Wildman–Crippen MR) is 57.9 cm³/mol. The fraction of sp³-hybridized carbons (Fsp3) is 0. The zero-order valence-corrected chi connectivity index (χ0v) is 8.80. The van der Waals surface area contributed by atoms with Gasteiger partial charge in [0.05, 0.1) is 16.0 Å². The van der Waals surface area contributed by atoms with Crippen molar-refractivity contribution in [2.75, 3.05) is 0 Å². The second kappa shape index (κ2) is 3.68. The van der Waals surface area contributed by atoms with E-state index >= 15 is 0 Å². The molecule has 0 aliphatic rings. The van der Waals surface area contributed by atoms with Gasteiger partial charge >= 0.3 is 0 Å². The first kappa shape index (κ1) is 10.2. The van der Waals surface area contributed by atoms with E-state index in [2.05, 4.69) is 0 Å². The number of benzene rings is 1. The third-order valence-electron chi connectivity index (χ3n) is 1.99. The first-order valence-corrected chi connectivity index (χ1v) is 4.75. The number of aldehydes is 1. The molecule has 76 valence electrons. The molecule has 0 bridgehead atoms. The van der Waals surface area contributed by atoms with Gasteiger partial charge in [-0.2, -0.15) is 0 Å². The molecule has 2 aromatic rings. The monoisotopic (exact) mass is 242 g/mol. The Morgan fingerprint density at radius 3 is 2.67 bits per heavy atom. The Hall–Kier alpha value is -1.32. The van der Waals surface area contributed by atoms with Crippen LogP contribution >= 0.6 is 23.2 Å². The summed E-state index contributed by atoms with van der Waals surface area (Å²) in [7, 11) is 0. The van der Waals surface area contributed by atoms with Gasteiger partial charge in [0, 0.05) is 0 Å². The van der Waals surface area contributed by atoms with Crippen molar-refractivity contribution in [1.29, 1.82) is 0 Å². The number of fused-ring (bicyclic) bond motifs is 1. The maximum absolute atomic E-state index is 11.6. The second-order valence-electron chi connectivity index (χ2n) is 2.88. The van der Waals surface area contributed by atoms with Gasteiger partial charge in [0.2, 0.25) is 5.43 Å². The SMILES string of the molecule is O=Cc1coc2c(Cl)c(Cl)ccc2c1=O. The summed E-state index contributed by atoms with van der Waals surface area (Å²) in [6, 6.07) is 2.96. The summed E-state index contributed by atoms with van der Waals surface area (Å²) >= 11 is 11.6. The van der Waals surface area contributed by atoms with E-state index in [0.717, 1.165) is 6.26 Å². The molecule has 15 heavy (non-hydrogen) atoms. The van der Waals surface area contributed by atoms with E-state index in [4.69, 9.17) is 27.6 Å². The smallest absolute Gasteiger partial charge is 0.203 e. The van der Waals surface area contributed by atoms with Crippen LogP contribution in [0.25, 0.3) is 11.0 Å². The van der Waals surface area contributed by atoms with Crippen molar-refractivity contribution in [3.8, 4) is 0 Å². The van der Waals surface area contributed by atoms with Gasteiger partial charge in [-0.3, -0.25) is 9.59 Å². The summed E-state index contributed by atoms with van der Waals surface area (Å²) in [5.41, 5.74) is -0.259. The number of carbonyl (C=O) groups excluding carboxylic acids is 1. The number of halogens is 2. The molecule has 0 amide bonds. The Bertz CT molecular complexity index is 601. The molecule has 0 N–H and O–H groups in total. The van der Waals surface area contributed by atoms with Crippen LogP contribution in [-0.2, 0) is 0 Å². The van der Waals surface area contributed by atoms with Crippen molar-refractivity contribution in [3.05, 3.63) is 44.2 Å². The van der Waals surface area contributed by atoms with E-state index in [0.29, 0.717) is 11.3 Å². The van der Waals surface area contributed by atoms with Crippen molar-refractivity contribution in [2.24, 2.45) is 0 Å². The average molecular weight is 243 g/mol. The number of carbonyl (C=O) groups is 1. The maximum Gasteiger partial charge on any atom is 0.203 e. The highest BCUT2D eigenvalue weighted by Crippen LogP contribution is 2.29. The van der Waals surface area contributed by atoms with Crippen LogP contribution in [0, 0.1) is 0 Å². The van der Waals surface area contributed by atoms with Crippen LogP contribution < -0.4 is 5.43 Å². The van der Waals surface area contributed by atoms with Gasteiger partial charge in [0.25, 0.3) is 0 Å². The lowest BCUT2D eigenvalue weighted by atomic mass is 10.2. The van der Waals surface area contributed by atoms with Gasteiger partial charge in [-0.1, -0.05) is 23.2 Å². The normalized spacial score (nSPS) is 10.5. The van der Waals surface area contributed by atoms with E-state index in [1.807, 2.05) is 0 Å². The Kier molecular flexibility index (Phi) is 2.50. The molecule has 1 aromatic carbocycles. The fourth-order valence-electron chi connectivity index (χ4n) is 1.24. The molecule has 0 aliphatic heterocycles. The van der Waals surface area contributed by atoms with Crippen molar-refractivity contribution >= 4 is 40.5 Å². The Labute approximate surface area is 94.2 Å². The van der Waals surface area contributed by atoms with E-state index in [1.54, 1.807) is 0 Å². The van der Waals surface area contributed by atoms with Crippen LogP contribution in [-0.4, -0.2) is 6.29 Å². The molecule has 2 rings (SSSR count). The van der Waals surface area contributed by atoms with Gasteiger partial charge in [-0.25, -0.2) is 0 Å². The lowest BCUT2D eigenvalue weighted by Gasteiger charge is -2.00. The third-order valence-corrected chi connectivity index (χ3v) is 2.77. The minimum absolute atomic E-state index is 0.0408. The molecule has 1 heterocycles. The number of hydrogen-bond donors (Lipinski definition) is 0. The molecule has 0 saturated heterocycles. The molecule has 3 nitrogen and oxygen atoms in total.